The topological polar surface area (TPSA) is 94.6 Å². The molecule has 0 amide bonds. The summed E-state index contributed by atoms with van der Waals surface area (Å²) in [6.07, 6.45) is 2.03. The lowest BCUT2D eigenvalue weighted by Gasteiger charge is -2.30. The van der Waals surface area contributed by atoms with Gasteiger partial charge in [-0.25, -0.2) is 0 Å². The van der Waals surface area contributed by atoms with E-state index in [0.717, 1.165) is 30.4 Å². The Balaban J connectivity index is 1.66. The number of hydrogen-bond donors (Lipinski definition) is 0. The quantitative estimate of drug-likeness (QED) is 0.358. The summed E-state index contributed by atoms with van der Waals surface area (Å²) in [4.78, 5) is 10.8. The predicted molar refractivity (Wildman–Crippen MR) is 121 cm³/mol. The number of nitro groups is 1. The summed E-state index contributed by atoms with van der Waals surface area (Å²) in [5.41, 5.74) is 1.15. The molecular formula is C24H27ClN2O5. The molecule has 0 spiro atoms. The minimum absolute atomic E-state index is 0.118. The molecular weight excluding hydrogens is 432 g/mol. The number of hydrogen-bond acceptors (Lipinski definition) is 6. The molecule has 32 heavy (non-hydrogen) atoms. The molecule has 0 aliphatic carbocycles. The molecule has 1 fully saturated rings. The highest BCUT2D eigenvalue weighted by atomic mass is 35.5. The van der Waals surface area contributed by atoms with Gasteiger partial charge >= 0.3 is 5.69 Å². The zero-order valence-corrected chi connectivity index (χ0v) is 19.4. The molecule has 170 valence electrons. The van der Waals surface area contributed by atoms with Gasteiger partial charge in [0, 0.05) is 11.1 Å². The Morgan fingerprint density at radius 3 is 2.44 bits per heavy atom. The van der Waals surface area contributed by atoms with Crippen LogP contribution in [0.15, 0.2) is 36.4 Å². The van der Waals surface area contributed by atoms with Crippen molar-refractivity contribution < 1.29 is 19.1 Å². The molecule has 2 aromatic rings. The van der Waals surface area contributed by atoms with Crippen LogP contribution in [-0.2, 0) is 22.5 Å². The Morgan fingerprint density at radius 1 is 1.12 bits per heavy atom. The molecule has 1 heterocycles. The minimum Gasteiger partial charge on any atom is -0.482 e. The first-order chi connectivity index (χ1) is 15.0. The van der Waals surface area contributed by atoms with E-state index in [1.54, 1.807) is 6.07 Å². The monoisotopic (exact) mass is 458 g/mol. The van der Waals surface area contributed by atoms with E-state index in [1.807, 2.05) is 45.9 Å². The van der Waals surface area contributed by atoms with Gasteiger partial charge < -0.3 is 14.2 Å². The van der Waals surface area contributed by atoms with Crippen molar-refractivity contribution in [3.63, 3.8) is 0 Å². The van der Waals surface area contributed by atoms with Crippen molar-refractivity contribution in [2.45, 2.75) is 71.1 Å². The average molecular weight is 459 g/mol. The number of ether oxygens (including phenoxy) is 3. The maximum atomic E-state index is 11.3. The minimum atomic E-state index is -0.552. The molecule has 2 aromatic carbocycles. The largest absolute Gasteiger partial charge is 0.482 e. The van der Waals surface area contributed by atoms with Gasteiger partial charge in [0.1, 0.15) is 6.61 Å². The van der Waals surface area contributed by atoms with Gasteiger partial charge in [-0.2, -0.15) is 5.26 Å². The number of halogens is 1. The summed E-state index contributed by atoms with van der Waals surface area (Å²) in [6, 6.07) is 11.6. The number of benzene rings is 2. The summed E-state index contributed by atoms with van der Waals surface area (Å²) in [7, 11) is 0. The molecule has 1 aliphatic heterocycles. The van der Waals surface area contributed by atoms with E-state index in [1.165, 1.54) is 18.2 Å². The summed E-state index contributed by atoms with van der Waals surface area (Å²) >= 11 is 6.20. The zero-order valence-electron chi connectivity index (χ0n) is 18.7. The molecule has 0 aromatic heterocycles. The number of aryl methyl sites for hydroxylation is 1. The van der Waals surface area contributed by atoms with Crippen molar-refractivity contribution in [2.75, 3.05) is 0 Å². The van der Waals surface area contributed by atoms with Gasteiger partial charge in [-0.05, 0) is 82.3 Å². The fourth-order valence-corrected chi connectivity index (χ4v) is 3.71. The second-order valence-electron chi connectivity index (χ2n) is 8.83. The Kier molecular flexibility index (Phi) is 7.09. The third-order valence-corrected chi connectivity index (χ3v) is 6.26. The van der Waals surface area contributed by atoms with Gasteiger partial charge in [0.05, 0.1) is 27.8 Å². The Labute approximate surface area is 193 Å². The van der Waals surface area contributed by atoms with Crippen LogP contribution in [0.2, 0.25) is 5.02 Å². The van der Waals surface area contributed by atoms with E-state index in [-0.39, 0.29) is 41.1 Å². The van der Waals surface area contributed by atoms with Crippen molar-refractivity contribution in [1.82, 2.24) is 0 Å². The van der Waals surface area contributed by atoms with Crippen LogP contribution in [0.1, 0.15) is 57.2 Å². The third kappa shape index (κ3) is 5.39. The highest BCUT2D eigenvalue weighted by molar-refractivity contribution is 6.30. The second kappa shape index (κ2) is 9.45. The zero-order chi connectivity index (χ0) is 23.5. The van der Waals surface area contributed by atoms with Crippen molar-refractivity contribution in [3.05, 3.63) is 68.2 Å². The fraction of sp³-hybridized carbons (Fsp3) is 0.458. The molecule has 0 saturated carbocycles. The summed E-state index contributed by atoms with van der Waals surface area (Å²) in [5.74, 6) is 0.118. The normalized spacial score (nSPS) is 17.1. The van der Waals surface area contributed by atoms with Crippen LogP contribution in [-0.4, -0.2) is 22.4 Å². The summed E-state index contributed by atoms with van der Waals surface area (Å²) in [5, 5.41) is 20.9. The number of nitriles is 1. The van der Waals surface area contributed by atoms with Crippen molar-refractivity contribution in [3.8, 4) is 11.8 Å². The Bertz CT molecular complexity index is 1030. The first-order valence-electron chi connectivity index (χ1n) is 10.5. The molecule has 3 rings (SSSR count). The van der Waals surface area contributed by atoms with E-state index in [9.17, 15) is 10.1 Å². The lowest BCUT2D eigenvalue weighted by Crippen LogP contribution is -2.41. The van der Waals surface area contributed by atoms with Crippen LogP contribution in [0.3, 0.4) is 0 Å². The van der Waals surface area contributed by atoms with E-state index in [2.05, 4.69) is 0 Å². The van der Waals surface area contributed by atoms with Gasteiger partial charge in [0.25, 0.3) is 0 Å². The lowest BCUT2D eigenvalue weighted by atomic mass is 9.90. The van der Waals surface area contributed by atoms with Gasteiger partial charge in [0.2, 0.25) is 0 Å². The van der Waals surface area contributed by atoms with Crippen LogP contribution in [0.5, 0.6) is 5.75 Å². The highest BCUT2D eigenvalue weighted by Crippen LogP contribution is 2.39. The molecule has 0 radical (unpaired) electrons. The standard InChI is InChI=1S/C24H27ClN2O5/c1-23(2)24(3,4)32-22(31-23)7-5-6-17-13-19(25)10-9-18(17)15-30-21-11-8-16(14-26)12-20(21)27(28)29/h8-13,22H,5-7,15H2,1-4H3. The number of nitro benzene ring substituents is 1. The molecule has 0 atom stereocenters. The average Bonchev–Trinajstić information content (AvgIpc) is 2.93. The van der Waals surface area contributed by atoms with Crippen molar-refractivity contribution >= 4 is 17.3 Å². The van der Waals surface area contributed by atoms with E-state index in [0.29, 0.717) is 5.02 Å². The Morgan fingerprint density at radius 2 is 1.81 bits per heavy atom. The molecule has 0 bridgehead atoms. The second-order valence-corrected chi connectivity index (χ2v) is 9.27. The molecule has 1 saturated heterocycles. The van der Waals surface area contributed by atoms with Gasteiger partial charge in [0.15, 0.2) is 12.0 Å². The smallest absolute Gasteiger partial charge is 0.312 e. The molecule has 1 aliphatic rings. The van der Waals surface area contributed by atoms with Crippen LogP contribution in [0, 0.1) is 21.4 Å². The third-order valence-electron chi connectivity index (χ3n) is 6.02. The predicted octanol–water partition coefficient (Wildman–Crippen LogP) is 5.95. The molecule has 7 nitrogen and oxygen atoms in total. The fourth-order valence-electron chi connectivity index (χ4n) is 3.52. The maximum absolute atomic E-state index is 11.3. The van der Waals surface area contributed by atoms with Gasteiger partial charge in [-0.15, -0.1) is 0 Å². The number of nitrogens with zero attached hydrogens (tertiary/aromatic N) is 2. The van der Waals surface area contributed by atoms with Crippen LogP contribution in [0.25, 0.3) is 0 Å². The Hall–Kier alpha value is -2.66. The van der Waals surface area contributed by atoms with Crippen LogP contribution >= 0.6 is 11.6 Å². The SMILES string of the molecule is CC1(C)OC(CCCc2cc(Cl)ccc2COc2ccc(C#N)cc2[N+](=O)[O-])OC1(C)C. The van der Waals surface area contributed by atoms with Crippen molar-refractivity contribution in [2.24, 2.45) is 0 Å². The summed E-state index contributed by atoms with van der Waals surface area (Å²) < 4.78 is 17.9. The maximum Gasteiger partial charge on any atom is 0.312 e. The van der Waals surface area contributed by atoms with Gasteiger partial charge in [-0.1, -0.05) is 17.7 Å². The molecule has 0 N–H and O–H groups in total. The highest BCUT2D eigenvalue weighted by Gasteiger charge is 2.48. The van der Waals surface area contributed by atoms with E-state index < -0.39 is 4.92 Å². The number of rotatable bonds is 8. The van der Waals surface area contributed by atoms with Crippen molar-refractivity contribution in [1.29, 1.82) is 5.26 Å². The molecule has 0 unspecified atom stereocenters. The summed E-state index contributed by atoms with van der Waals surface area (Å²) in [6.45, 7) is 8.27. The van der Waals surface area contributed by atoms with Gasteiger partial charge in [-0.3, -0.25) is 10.1 Å². The first-order valence-corrected chi connectivity index (χ1v) is 10.8. The van der Waals surface area contributed by atoms with E-state index >= 15 is 0 Å². The molecule has 8 heteroatoms. The van der Waals surface area contributed by atoms with Crippen LogP contribution < -0.4 is 4.74 Å². The lowest BCUT2D eigenvalue weighted by molar-refractivity contribution is -0.386. The first kappa shape index (κ1) is 24.0. The van der Waals surface area contributed by atoms with Crippen LogP contribution in [0.4, 0.5) is 5.69 Å². The van der Waals surface area contributed by atoms with E-state index in [4.69, 9.17) is 31.1 Å².